The number of sulfonamides is 1. The van der Waals surface area contributed by atoms with E-state index in [4.69, 9.17) is 42.7 Å². The van der Waals surface area contributed by atoms with E-state index in [2.05, 4.69) is 53.2 Å². The van der Waals surface area contributed by atoms with Crippen LogP contribution in [-0.2, 0) is 27.2 Å². The zero-order chi connectivity index (χ0) is 35.9. The van der Waals surface area contributed by atoms with Gasteiger partial charge in [-0.2, -0.15) is 0 Å². The molecular formula is C39H36Cl2N6O4S. The molecule has 9 rings (SSSR count). The van der Waals surface area contributed by atoms with Crippen LogP contribution in [0.15, 0.2) is 98.2 Å². The van der Waals surface area contributed by atoms with Gasteiger partial charge in [0.2, 0.25) is 10.0 Å². The molecule has 0 spiro atoms. The third kappa shape index (κ3) is 5.08. The first-order valence-electron chi connectivity index (χ1n) is 17.6. The lowest BCUT2D eigenvalue weighted by atomic mass is 9.93. The Bertz CT molecular complexity index is 2610. The van der Waals surface area contributed by atoms with Crippen molar-refractivity contribution in [1.29, 1.82) is 0 Å². The van der Waals surface area contributed by atoms with Crippen molar-refractivity contribution in [3.63, 3.8) is 0 Å². The molecule has 1 N–H and O–H groups in total. The van der Waals surface area contributed by atoms with E-state index < -0.39 is 22.2 Å². The first-order chi connectivity index (χ1) is 25.2. The van der Waals surface area contributed by atoms with Gasteiger partial charge in [-0.05, 0) is 56.4 Å². The number of halogens is 2. The fraction of sp³-hybridized carbons (Fsp3) is 0.282. The summed E-state index contributed by atoms with van der Waals surface area (Å²) in [6, 6.07) is 20.0. The Morgan fingerprint density at radius 2 is 1.58 bits per heavy atom. The molecule has 2 unspecified atom stereocenters. The summed E-state index contributed by atoms with van der Waals surface area (Å²) in [6.07, 6.45) is 2.32. The number of likely N-dealkylation sites (N-methyl/N-ethyl adjacent to an activating group) is 1. The monoisotopic (exact) mass is 754 g/mol. The quantitative estimate of drug-likeness (QED) is 0.165. The highest BCUT2D eigenvalue weighted by Gasteiger charge is 2.44. The van der Waals surface area contributed by atoms with Gasteiger partial charge in [0.15, 0.2) is 23.7 Å². The molecule has 13 heteroatoms. The highest BCUT2D eigenvalue weighted by Crippen LogP contribution is 2.51. The van der Waals surface area contributed by atoms with Crippen molar-refractivity contribution in [3.8, 4) is 5.75 Å². The van der Waals surface area contributed by atoms with Crippen molar-refractivity contribution in [2.45, 2.75) is 45.4 Å². The molecule has 0 fully saturated rings. The molecule has 4 heterocycles. The van der Waals surface area contributed by atoms with Crippen molar-refractivity contribution in [2.24, 2.45) is 9.98 Å². The summed E-state index contributed by atoms with van der Waals surface area (Å²) in [5.41, 5.74) is 6.61. The van der Waals surface area contributed by atoms with Crippen LogP contribution in [-0.4, -0.2) is 66.2 Å². The van der Waals surface area contributed by atoms with Crippen LogP contribution in [0, 0.1) is 0 Å². The molecule has 4 aliphatic rings. The number of fused-ring (bicyclic) bond motifs is 12. The Morgan fingerprint density at radius 3 is 2.33 bits per heavy atom. The maximum atomic E-state index is 13.4. The Morgan fingerprint density at radius 1 is 0.846 bits per heavy atom. The predicted octanol–water partition coefficient (Wildman–Crippen LogP) is 7.98. The minimum absolute atomic E-state index is 0.246. The molecule has 266 valence electrons. The van der Waals surface area contributed by atoms with E-state index in [-0.39, 0.29) is 10.9 Å². The van der Waals surface area contributed by atoms with Crippen molar-refractivity contribution in [1.82, 2.24) is 18.8 Å². The number of rotatable bonds is 9. The number of benzene rings is 3. The minimum Gasteiger partial charge on any atom is -0.475 e. The van der Waals surface area contributed by atoms with Crippen LogP contribution in [0.25, 0.3) is 38.8 Å². The lowest BCUT2D eigenvalue weighted by Gasteiger charge is -2.35. The Hall–Kier alpha value is -4.39. The standard InChI is InChI=1S/C39H36Cl2N6O4S/c1-4-45(5-2)20-19-42-52(48,49)21-47-27-14-10-8-12-23(27)31-29(47)18-16-25-37(31)51-39-33(41)34-38(32(40)35(39)44-25)50-36-24(43-34)15-17-28-30(36)22-11-7-9-13-26(22)46(28)6-3/h7-18,37-38,42H,4-6,19-21H2,1-3H3. The number of aliphatic imine (C=N–C) groups is 2. The van der Waals surface area contributed by atoms with Gasteiger partial charge < -0.3 is 23.5 Å². The maximum Gasteiger partial charge on any atom is 0.230 e. The third-order valence-corrected chi connectivity index (χ3v) is 12.4. The summed E-state index contributed by atoms with van der Waals surface area (Å²) >= 11 is 14.3. The molecule has 52 heavy (non-hydrogen) atoms. The molecular weight excluding hydrogens is 719 g/mol. The number of aromatic nitrogens is 2. The smallest absolute Gasteiger partial charge is 0.230 e. The van der Waals surface area contributed by atoms with E-state index in [0.717, 1.165) is 63.6 Å². The van der Waals surface area contributed by atoms with Crippen molar-refractivity contribution in [3.05, 3.63) is 99.5 Å². The number of hydrogen-bond donors (Lipinski definition) is 1. The molecule has 0 saturated heterocycles. The summed E-state index contributed by atoms with van der Waals surface area (Å²) in [7, 11) is -3.68. The predicted molar refractivity (Wildman–Crippen MR) is 209 cm³/mol. The lowest BCUT2D eigenvalue weighted by molar-refractivity contribution is 0.169. The molecule has 2 aliphatic carbocycles. The molecule has 0 radical (unpaired) electrons. The first-order valence-corrected chi connectivity index (χ1v) is 20.0. The van der Waals surface area contributed by atoms with Crippen LogP contribution < -0.4 is 9.46 Å². The van der Waals surface area contributed by atoms with Crippen LogP contribution in [0.1, 0.15) is 38.1 Å². The molecule has 0 saturated carbocycles. The zero-order valence-electron chi connectivity index (χ0n) is 28.9. The fourth-order valence-electron chi connectivity index (χ4n) is 7.93. The second-order valence-electron chi connectivity index (χ2n) is 13.2. The van der Waals surface area contributed by atoms with Gasteiger partial charge in [-0.1, -0.05) is 73.4 Å². The van der Waals surface area contributed by atoms with Gasteiger partial charge in [-0.25, -0.2) is 23.1 Å². The molecule has 2 atom stereocenters. The van der Waals surface area contributed by atoms with E-state index in [1.54, 1.807) is 0 Å². The Balaban J connectivity index is 1.11. The largest absolute Gasteiger partial charge is 0.475 e. The summed E-state index contributed by atoms with van der Waals surface area (Å²) in [4.78, 5) is 12.2. The van der Waals surface area contributed by atoms with Gasteiger partial charge in [0, 0.05) is 47.0 Å². The maximum absolute atomic E-state index is 13.4. The number of hydrogen-bond acceptors (Lipinski definition) is 7. The summed E-state index contributed by atoms with van der Waals surface area (Å²) in [5, 5.41) is 3.52. The number of nitrogens with one attached hydrogen (secondary N) is 1. The highest BCUT2D eigenvalue weighted by atomic mass is 35.5. The third-order valence-electron chi connectivity index (χ3n) is 10.4. The lowest BCUT2D eigenvalue weighted by Crippen LogP contribution is -2.37. The fourth-order valence-corrected chi connectivity index (χ4v) is 9.59. The molecule has 0 amide bonds. The van der Waals surface area contributed by atoms with E-state index in [1.165, 1.54) is 0 Å². The van der Waals surface area contributed by atoms with Gasteiger partial charge >= 0.3 is 0 Å². The first kappa shape index (κ1) is 33.4. The number of ether oxygens (including phenoxy) is 2. The summed E-state index contributed by atoms with van der Waals surface area (Å²) in [5.74, 6) is 0.718. The molecule has 5 aromatic rings. The second kappa shape index (κ2) is 12.6. The van der Waals surface area contributed by atoms with E-state index in [1.807, 2.05) is 59.2 Å². The topological polar surface area (TPSA) is 102 Å². The van der Waals surface area contributed by atoms with Crippen molar-refractivity contribution < 1.29 is 17.9 Å². The van der Waals surface area contributed by atoms with Crippen LogP contribution in [0.4, 0.5) is 5.69 Å². The van der Waals surface area contributed by atoms with Crippen molar-refractivity contribution >= 4 is 89.1 Å². The molecule has 2 aliphatic heterocycles. The van der Waals surface area contributed by atoms with E-state index in [9.17, 15) is 8.42 Å². The van der Waals surface area contributed by atoms with Crippen LogP contribution in [0.3, 0.4) is 0 Å². The average Bonchev–Trinajstić information content (AvgIpc) is 3.66. The summed E-state index contributed by atoms with van der Waals surface area (Å²) < 4.78 is 47.2. The van der Waals surface area contributed by atoms with Gasteiger partial charge in [0.25, 0.3) is 0 Å². The number of nitrogens with zero attached hydrogens (tertiary/aromatic N) is 5. The van der Waals surface area contributed by atoms with Gasteiger partial charge in [0.1, 0.15) is 28.0 Å². The normalized spacial score (nSPS) is 19.3. The second-order valence-corrected chi connectivity index (χ2v) is 15.7. The van der Waals surface area contributed by atoms with Gasteiger partial charge in [0.05, 0.1) is 27.3 Å². The molecule has 3 aromatic carbocycles. The van der Waals surface area contributed by atoms with Gasteiger partial charge in [-0.15, -0.1) is 0 Å². The SMILES string of the molecule is CCN(CC)CCNS(=O)(=O)Cn1c2c(c3ccccc31)C1OC3=C(Cl)C4=Nc5ccc6c(c5OC4C(Cl)=C3N=C1C=C2)c1ccccc1n6CC. The number of para-hydroxylation sites is 2. The van der Waals surface area contributed by atoms with Crippen LogP contribution in [0.5, 0.6) is 5.75 Å². The van der Waals surface area contributed by atoms with Crippen molar-refractivity contribution in [2.75, 3.05) is 26.2 Å². The Kier molecular flexibility index (Phi) is 8.13. The molecule has 0 bridgehead atoms. The van der Waals surface area contributed by atoms with Gasteiger partial charge in [-0.3, -0.25) is 0 Å². The van der Waals surface area contributed by atoms with Crippen LogP contribution in [0.2, 0.25) is 0 Å². The molecule has 2 aromatic heterocycles. The Labute approximate surface area is 311 Å². The van der Waals surface area contributed by atoms with E-state index >= 15 is 0 Å². The summed E-state index contributed by atoms with van der Waals surface area (Å²) in [6.45, 7) is 9.74. The van der Waals surface area contributed by atoms with Crippen LogP contribution >= 0.6 is 23.2 Å². The minimum atomic E-state index is -3.68. The molecule has 10 nitrogen and oxygen atoms in total. The average molecular weight is 756 g/mol. The number of aryl methyl sites for hydroxylation is 1. The highest BCUT2D eigenvalue weighted by molar-refractivity contribution is 7.88. The zero-order valence-corrected chi connectivity index (χ0v) is 31.2. The van der Waals surface area contributed by atoms with E-state index in [0.29, 0.717) is 52.4 Å².